The minimum absolute atomic E-state index is 0.0750. The van der Waals surface area contributed by atoms with Gasteiger partial charge in [-0.3, -0.25) is 4.72 Å². The summed E-state index contributed by atoms with van der Waals surface area (Å²) in [7, 11) is -2.33. The van der Waals surface area contributed by atoms with E-state index >= 15 is 0 Å². The number of hydrogen-bond donors (Lipinski definition) is 1. The molecule has 0 saturated heterocycles. The van der Waals surface area contributed by atoms with Crippen molar-refractivity contribution < 1.29 is 22.7 Å². The van der Waals surface area contributed by atoms with Gasteiger partial charge in [-0.15, -0.1) is 0 Å². The third-order valence-corrected chi connectivity index (χ3v) is 5.37. The number of anilines is 1. The Labute approximate surface area is 160 Å². The molecule has 0 unspecified atom stereocenters. The number of rotatable bonds is 10. The highest BCUT2D eigenvalue weighted by atomic mass is 32.2. The number of para-hydroxylation sites is 1. The van der Waals surface area contributed by atoms with Crippen molar-refractivity contribution in [2.45, 2.75) is 37.5 Å². The van der Waals surface area contributed by atoms with Crippen LogP contribution < -0.4 is 9.46 Å². The molecule has 2 aromatic carbocycles. The Balaban J connectivity index is 2.10. The van der Waals surface area contributed by atoms with E-state index in [0.29, 0.717) is 12.4 Å². The van der Waals surface area contributed by atoms with Gasteiger partial charge in [0.1, 0.15) is 5.75 Å². The monoisotopic (exact) mass is 391 g/mol. The molecule has 0 spiro atoms. The van der Waals surface area contributed by atoms with Crippen LogP contribution in [-0.4, -0.2) is 28.1 Å². The Kier molecular flexibility index (Phi) is 7.67. The van der Waals surface area contributed by atoms with Crippen molar-refractivity contribution in [1.29, 1.82) is 0 Å². The van der Waals surface area contributed by atoms with Crippen LogP contribution in [0.5, 0.6) is 5.75 Å². The molecule has 0 bridgehead atoms. The lowest BCUT2D eigenvalue weighted by Gasteiger charge is -2.12. The summed E-state index contributed by atoms with van der Waals surface area (Å²) in [6.45, 7) is 2.43. The zero-order valence-electron chi connectivity index (χ0n) is 15.6. The predicted octanol–water partition coefficient (Wildman–Crippen LogP) is 4.23. The summed E-state index contributed by atoms with van der Waals surface area (Å²) >= 11 is 0. The molecule has 0 aromatic heterocycles. The van der Waals surface area contributed by atoms with Crippen molar-refractivity contribution in [2.75, 3.05) is 18.4 Å². The number of carbonyl (C=O) groups excluding carboxylic acids is 1. The van der Waals surface area contributed by atoms with E-state index in [1.165, 1.54) is 25.3 Å². The summed E-state index contributed by atoms with van der Waals surface area (Å²) in [6, 6.07) is 12.4. The standard InChI is InChI=1S/C20H25NO5S/c1-3-4-5-8-15-26-20(22)18-9-6-7-10-19(18)21-27(23,24)17-13-11-16(25-2)12-14-17/h6-7,9-14,21H,3-5,8,15H2,1-2H3. The maximum Gasteiger partial charge on any atom is 0.340 e. The Morgan fingerprint density at radius 2 is 1.70 bits per heavy atom. The first-order valence-electron chi connectivity index (χ1n) is 8.91. The highest BCUT2D eigenvalue weighted by Crippen LogP contribution is 2.22. The van der Waals surface area contributed by atoms with E-state index in [1.807, 2.05) is 0 Å². The average molecular weight is 391 g/mol. The molecule has 0 atom stereocenters. The van der Waals surface area contributed by atoms with Crippen LogP contribution in [0.3, 0.4) is 0 Å². The molecule has 0 aliphatic heterocycles. The molecule has 0 aliphatic carbocycles. The van der Waals surface area contributed by atoms with Crippen molar-refractivity contribution in [1.82, 2.24) is 0 Å². The van der Waals surface area contributed by atoms with Crippen molar-refractivity contribution in [2.24, 2.45) is 0 Å². The first-order chi connectivity index (χ1) is 13.0. The summed E-state index contributed by atoms with van der Waals surface area (Å²) in [4.78, 5) is 12.4. The number of sulfonamides is 1. The molecule has 0 amide bonds. The van der Waals surface area contributed by atoms with Crippen molar-refractivity contribution in [3.05, 3.63) is 54.1 Å². The van der Waals surface area contributed by atoms with E-state index in [1.54, 1.807) is 30.3 Å². The maximum atomic E-state index is 12.6. The fourth-order valence-corrected chi connectivity index (χ4v) is 3.56. The molecular formula is C20H25NO5S. The second-order valence-corrected chi connectivity index (χ2v) is 7.71. The van der Waals surface area contributed by atoms with Crippen LogP contribution in [0.25, 0.3) is 0 Å². The lowest BCUT2D eigenvalue weighted by Crippen LogP contribution is -2.16. The van der Waals surface area contributed by atoms with Gasteiger partial charge in [-0.2, -0.15) is 0 Å². The fraction of sp³-hybridized carbons (Fsp3) is 0.350. The van der Waals surface area contributed by atoms with Gasteiger partial charge in [-0.25, -0.2) is 13.2 Å². The third kappa shape index (κ3) is 5.99. The fourth-order valence-electron chi connectivity index (χ4n) is 2.48. The molecule has 1 N–H and O–H groups in total. The molecule has 0 radical (unpaired) electrons. The lowest BCUT2D eigenvalue weighted by atomic mass is 10.2. The van der Waals surface area contributed by atoms with Crippen LogP contribution in [0.15, 0.2) is 53.4 Å². The number of benzene rings is 2. The Morgan fingerprint density at radius 3 is 2.37 bits per heavy atom. The van der Waals surface area contributed by atoms with E-state index in [9.17, 15) is 13.2 Å². The minimum atomic E-state index is -3.84. The van der Waals surface area contributed by atoms with Gasteiger partial charge in [0.2, 0.25) is 0 Å². The number of unbranched alkanes of at least 4 members (excludes halogenated alkanes) is 3. The second-order valence-electron chi connectivity index (χ2n) is 6.02. The average Bonchev–Trinajstić information content (AvgIpc) is 2.68. The van der Waals surface area contributed by atoms with E-state index in [-0.39, 0.29) is 16.1 Å². The van der Waals surface area contributed by atoms with E-state index in [0.717, 1.165) is 25.7 Å². The van der Waals surface area contributed by atoms with Gasteiger partial charge in [0, 0.05) is 0 Å². The highest BCUT2D eigenvalue weighted by Gasteiger charge is 2.19. The SMILES string of the molecule is CCCCCCOC(=O)c1ccccc1NS(=O)(=O)c1ccc(OC)cc1. The third-order valence-electron chi connectivity index (χ3n) is 3.99. The zero-order valence-corrected chi connectivity index (χ0v) is 16.4. The number of nitrogens with one attached hydrogen (secondary N) is 1. The summed E-state index contributed by atoms with van der Waals surface area (Å²) < 4.78 is 38.0. The first kappa shape index (κ1) is 20.8. The molecule has 2 aromatic rings. The summed E-state index contributed by atoms with van der Waals surface area (Å²) in [5, 5.41) is 0. The zero-order chi connectivity index (χ0) is 19.7. The van der Waals surface area contributed by atoms with Crippen LogP contribution in [-0.2, 0) is 14.8 Å². The topological polar surface area (TPSA) is 81.7 Å². The van der Waals surface area contributed by atoms with Crippen molar-refractivity contribution in [3.8, 4) is 5.75 Å². The van der Waals surface area contributed by atoms with Crippen LogP contribution in [0.1, 0.15) is 43.0 Å². The van der Waals surface area contributed by atoms with Gasteiger partial charge in [-0.05, 0) is 42.8 Å². The van der Waals surface area contributed by atoms with E-state index in [4.69, 9.17) is 9.47 Å². The lowest BCUT2D eigenvalue weighted by molar-refractivity contribution is 0.0499. The predicted molar refractivity (Wildman–Crippen MR) is 105 cm³/mol. The largest absolute Gasteiger partial charge is 0.497 e. The second kappa shape index (κ2) is 9.97. The Hall–Kier alpha value is -2.54. The molecule has 2 rings (SSSR count). The minimum Gasteiger partial charge on any atom is -0.497 e. The number of hydrogen-bond acceptors (Lipinski definition) is 5. The summed E-state index contributed by atoms with van der Waals surface area (Å²) in [5.74, 6) is 0.0144. The smallest absolute Gasteiger partial charge is 0.340 e. The molecule has 6 nitrogen and oxygen atoms in total. The Morgan fingerprint density at radius 1 is 1.00 bits per heavy atom. The number of methoxy groups -OCH3 is 1. The maximum absolute atomic E-state index is 12.6. The van der Waals surface area contributed by atoms with Gasteiger partial charge in [-0.1, -0.05) is 38.3 Å². The molecule has 0 heterocycles. The number of ether oxygens (including phenoxy) is 2. The summed E-state index contributed by atoms with van der Waals surface area (Å²) in [6.07, 6.45) is 3.98. The van der Waals surface area contributed by atoms with Crippen LogP contribution in [0.2, 0.25) is 0 Å². The molecule has 0 saturated carbocycles. The van der Waals surface area contributed by atoms with Gasteiger partial charge in [0.25, 0.3) is 10.0 Å². The van der Waals surface area contributed by atoms with Gasteiger partial charge < -0.3 is 9.47 Å². The summed E-state index contributed by atoms with van der Waals surface area (Å²) in [5.41, 5.74) is 0.372. The van der Waals surface area contributed by atoms with Crippen molar-refractivity contribution >= 4 is 21.7 Å². The van der Waals surface area contributed by atoms with Crippen LogP contribution in [0, 0.1) is 0 Å². The molecular weight excluding hydrogens is 366 g/mol. The van der Waals surface area contributed by atoms with Gasteiger partial charge >= 0.3 is 5.97 Å². The highest BCUT2D eigenvalue weighted by molar-refractivity contribution is 7.92. The van der Waals surface area contributed by atoms with Crippen LogP contribution >= 0.6 is 0 Å². The quantitative estimate of drug-likeness (QED) is 0.484. The molecule has 0 fully saturated rings. The van der Waals surface area contributed by atoms with E-state index in [2.05, 4.69) is 11.6 Å². The molecule has 146 valence electrons. The van der Waals surface area contributed by atoms with Gasteiger partial charge in [0.05, 0.1) is 29.9 Å². The molecule has 7 heteroatoms. The number of esters is 1. The first-order valence-corrected chi connectivity index (χ1v) is 10.4. The van der Waals surface area contributed by atoms with E-state index < -0.39 is 16.0 Å². The molecule has 27 heavy (non-hydrogen) atoms. The Bertz CT molecular complexity index is 847. The van der Waals surface area contributed by atoms with Crippen LogP contribution in [0.4, 0.5) is 5.69 Å². The molecule has 0 aliphatic rings. The normalized spacial score (nSPS) is 11.0. The number of carbonyl (C=O) groups is 1. The van der Waals surface area contributed by atoms with Crippen molar-refractivity contribution in [3.63, 3.8) is 0 Å². The van der Waals surface area contributed by atoms with Gasteiger partial charge in [0.15, 0.2) is 0 Å².